The van der Waals surface area contributed by atoms with Crippen molar-refractivity contribution >= 4 is 17.7 Å². The second-order valence-corrected chi connectivity index (χ2v) is 7.57. The molecule has 1 aromatic heterocycles. The molecule has 1 saturated heterocycles. The maximum Gasteiger partial charge on any atom is 0.240 e. The Kier molecular flexibility index (Phi) is 6.12. The fourth-order valence-corrected chi connectivity index (χ4v) is 4.35. The lowest BCUT2D eigenvalue weighted by Crippen LogP contribution is -2.42. The molecule has 0 spiro atoms. The van der Waals surface area contributed by atoms with Gasteiger partial charge in [0.1, 0.15) is 17.3 Å². The van der Waals surface area contributed by atoms with Crippen molar-refractivity contribution in [2.24, 2.45) is 0 Å². The maximum absolute atomic E-state index is 13.4. The lowest BCUT2D eigenvalue weighted by Gasteiger charge is -2.30. The summed E-state index contributed by atoms with van der Waals surface area (Å²) in [6.07, 6.45) is 1.64. The van der Waals surface area contributed by atoms with Gasteiger partial charge in [-0.2, -0.15) is 0 Å². The number of methoxy groups -OCH3 is 1. The van der Waals surface area contributed by atoms with Crippen LogP contribution >= 0.6 is 11.8 Å². The molecule has 0 bridgehead atoms. The summed E-state index contributed by atoms with van der Waals surface area (Å²) in [5.41, 5.74) is 1.76. The lowest BCUT2D eigenvalue weighted by atomic mass is 10.1. The number of aromatic nitrogens is 3. The number of ether oxygens (including phenoxy) is 2. The average molecular weight is 410 g/mol. The molecule has 4 rings (SSSR count). The SMILES string of the molecule is COc1ccccc1-n1cnnc1S[C@@H](C(=O)N1CCOCC1)c1ccccc1. The van der Waals surface area contributed by atoms with Crippen LogP contribution < -0.4 is 4.74 Å². The first-order chi connectivity index (χ1) is 14.3. The van der Waals surface area contributed by atoms with Crippen molar-refractivity contribution < 1.29 is 14.3 Å². The Labute approximate surface area is 173 Å². The van der Waals surface area contributed by atoms with Gasteiger partial charge in [0.25, 0.3) is 0 Å². The monoisotopic (exact) mass is 410 g/mol. The van der Waals surface area contributed by atoms with Crippen molar-refractivity contribution in [3.05, 3.63) is 66.5 Å². The van der Waals surface area contributed by atoms with E-state index in [9.17, 15) is 4.79 Å². The highest BCUT2D eigenvalue weighted by molar-refractivity contribution is 8.00. The summed E-state index contributed by atoms with van der Waals surface area (Å²) in [5.74, 6) is 0.768. The van der Waals surface area contributed by atoms with Crippen molar-refractivity contribution in [1.82, 2.24) is 19.7 Å². The molecule has 1 amide bonds. The van der Waals surface area contributed by atoms with Crippen molar-refractivity contribution in [2.45, 2.75) is 10.4 Å². The predicted octanol–water partition coefficient (Wildman–Crippen LogP) is 2.97. The van der Waals surface area contributed by atoms with Crippen LogP contribution in [0.25, 0.3) is 5.69 Å². The summed E-state index contributed by atoms with van der Waals surface area (Å²) in [6, 6.07) is 17.4. The zero-order valence-electron chi connectivity index (χ0n) is 16.1. The molecular formula is C21H22N4O3S. The fraction of sp³-hybridized carbons (Fsp3) is 0.286. The van der Waals surface area contributed by atoms with Gasteiger partial charge in [0.05, 0.1) is 26.0 Å². The van der Waals surface area contributed by atoms with E-state index in [0.717, 1.165) is 11.3 Å². The lowest BCUT2D eigenvalue weighted by molar-refractivity contribution is -0.134. The molecule has 2 heterocycles. The first-order valence-electron chi connectivity index (χ1n) is 9.39. The minimum absolute atomic E-state index is 0.0547. The Morgan fingerprint density at radius 2 is 1.83 bits per heavy atom. The van der Waals surface area contributed by atoms with Crippen LogP contribution in [0.15, 0.2) is 66.1 Å². The number of carbonyl (C=O) groups excluding carboxylic acids is 1. The molecule has 1 atom stereocenters. The third-order valence-electron chi connectivity index (χ3n) is 4.73. The van der Waals surface area contributed by atoms with Gasteiger partial charge in [-0.05, 0) is 17.7 Å². The van der Waals surface area contributed by atoms with Gasteiger partial charge in [0.15, 0.2) is 5.16 Å². The zero-order valence-corrected chi connectivity index (χ0v) is 16.9. The highest BCUT2D eigenvalue weighted by atomic mass is 32.2. The predicted molar refractivity (Wildman–Crippen MR) is 110 cm³/mol. The van der Waals surface area contributed by atoms with Crippen LogP contribution in [0.3, 0.4) is 0 Å². The molecule has 3 aromatic rings. The van der Waals surface area contributed by atoms with Gasteiger partial charge in [-0.3, -0.25) is 9.36 Å². The van der Waals surface area contributed by atoms with Gasteiger partial charge in [0, 0.05) is 13.1 Å². The van der Waals surface area contributed by atoms with Crippen molar-refractivity contribution in [3.63, 3.8) is 0 Å². The number of rotatable bonds is 6. The van der Waals surface area contributed by atoms with E-state index in [2.05, 4.69) is 10.2 Å². The molecule has 0 aliphatic carbocycles. The highest BCUT2D eigenvalue weighted by Crippen LogP contribution is 2.37. The smallest absolute Gasteiger partial charge is 0.240 e. The maximum atomic E-state index is 13.4. The number of morpholine rings is 1. The van der Waals surface area contributed by atoms with E-state index in [1.54, 1.807) is 13.4 Å². The third kappa shape index (κ3) is 4.28. The van der Waals surface area contributed by atoms with E-state index < -0.39 is 5.25 Å². The molecule has 150 valence electrons. The fourth-order valence-electron chi connectivity index (χ4n) is 3.24. The number of hydrogen-bond donors (Lipinski definition) is 0. The van der Waals surface area contributed by atoms with Gasteiger partial charge in [-0.1, -0.05) is 54.2 Å². The first kappa shape index (κ1) is 19.5. The summed E-state index contributed by atoms with van der Waals surface area (Å²) in [4.78, 5) is 15.2. The van der Waals surface area contributed by atoms with Gasteiger partial charge < -0.3 is 14.4 Å². The quantitative estimate of drug-likeness (QED) is 0.582. The van der Waals surface area contributed by atoms with Gasteiger partial charge in [0.2, 0.25) is 5.91 Å². The number of para-hydroxylation sites is 2. The highest BCUT2D eigenvalue weighted by Gasteiger charge is 2.30. The van der Waals surface area contributed by atoms with Crippen molar-refractivity contribution in [1.29, 1.82) is 0 Å². The number of thioether (sulfide) groups is 1. The molecule has 2 aromatic carbocycles. The molecule has 1 aliphatic heterocycles. The number of hydrogen-bond acceptors (Lipinski definition) is 6. The Hall–Kier alpha value is -2.84. The summed E-state index contributed by atoms with van der Waals surface area (Å²) in [6.45, 7) is 2.33. The van der Waals surface area contributed by atoms with E-state index >= 15 is 0 Å². The number of nitrogens with zero attached hydrogens (tertiary/aromatic N) is 4. The van der Waals surface area contributed by atoms with Gasteiger partial charge >= 0.3 is 0 Å². The summed E-state index contributed by atoms with van der Waals surface area (Å²) in [7, 11) is 1.63. The topological polar surface area (TPSA) is 69.5 Å². The Morgan fingerprint density at radius 1 is 1.10 bits per heavy atom. The van der Waals surface area contributed by atoms with E-state index in [1.807, 2.05) is 64.1 Å². The summed E-state index contributed by atoms with van der Waals surface area (Å²) >= 11 is 1.39. The second-order valence-electron chi connectivity index (χ2n) is 6.50. The molecule has 1 aliphatic rings. The third-order valence-corrected chi connectivity index (χ3v) is 5.93. The van der Waals surface area contributed by atoms with E-state index in [4.69, 9.17) is 9.47 Å². The molecule has 1 fully saturated rings. The molecule has 0 N–H and O–H groups in total. The largest absolute Gasteiger partial charge is 0.495 e. The normalized spacial score (nSPS) is 15.1. The Bertz CT molecular complexity index is 957. The summed E-state index contributed by atoms with van der Waals surface area (Å²) in [5, 5.41) is 8.58. The van der Waals surface area contributed by atoms with E-state index in [1.165, 1.54) is 11.8 Å². The molecule has 0 saturated carbocycles. The Morgan fingerprint density at radius 3 is 2.59 bits per heavy atom. The van der Waals surface area contributed by atoms with Crippen LogP contribution in [0.5, 0.6) is 5.75 Å². The number of carbonyl (C=O) groups is 1. The number of amides is 1. The van der Waals surface area contributed by atoms with Crippen molar-refractivity contribution in [3.8, 4) is 11.4 Å². The number of benzene rings is 2. The van der Waals surface area contributed by atoms with Gasteiger partial charge in [-0.25, -0.2) is 0 Å². The van der Waals surface area contributed by atoms with Crippen LogP contribution in [0, 0.1) is 0 Å². The molecule has 0 radical (unpaired) electrons. The second kappa shape index (κ2) is 9.11. The molecule has 29 heavy (non-hydrogen) atoms. The van der Waals surface area contributed by atoms with Crippen LogP contribution in [-0.4, -0.2) is 59.0 Å². The van der Waals surface area contributed by atoms with E-state index in [-0.39, 0.29) is 5.91 Å². The molecule has 0 unspecified atom stereocenters. The molecule has 8 heteroatoms. The van der Waals surface area contributed by atoms with E-state index in [0.29, 0.717) is 37.2 Å². The standard InChI is InChI=1S/C21H22N4O3S/c1-27-18-10-6-5-9-17(18)25-15-22-23-21(25)29-19(16-7-3-2-4-8-16)20(26)24-11-13-28-14-12-24/h2-10,15,19H,11-14H2,1H3/t19-/m1/s1. The Balaban J connectivity index is 1.67. The molecule has 7 nitrogen and oxygen atoms in total. The van der Waals surface area contributed by atoms with Crippen molar-refractivity contribution in [2.75, 3.05) is 33.4 Å². The minimum atomic E-state index is -0.424. The van der Waals surface area contributed by atoms with Crippen LogP contribution in [0.4, 0.5) is 0 Å². The van der Waals surface area contributed by atoms with Gasteiger partial charge in [-0.15, -0.1) is 10.2 Å². The first-order valence-corrected chi connectivity index (χ1v) is 10.3. The molecular weight excluding hydrogens is 388 g/mol. The average Bonchev–Trinajstić information content (AvgIpc) is 3.26. The minimum Gasteiger partial charge on any atom is -0.495 e. The zero-order chi connectivity index (χ0) is 20.1. The summed E-state index contributed by atoms with van der Waals surface area (Å²) < 4.78 is 12.7. The van der Waals surface area contributed by atoms with Crippen LogP contribution in [0.1, 0.15) is 10.8 Å². The van der Waals surface area contributed by atoms with Crippen LogP contribution in [-0.2, 0) is 9.53 Å². The van der Waals surface area contributed by atoms with Crippen LogP contribution in [0.2, 0.25) is 0 Å².